The molecule has 0 radical (unpaired) electrons. The Morgan fingerprint density at radius 3 is 2.14 bits per heavy atom. The van der Waals surface area contributed by atoms with E-state index in [0.29, 0.717) is 11.6 Å². The predicted molar refractivity (Wildman–Crippen MR) is 79.5 cm³/mol. The summed E-state index contributed by atoms with van der Waals surface area (Å²) in [6.45, 7) is 3.16. The third-order valence-electron chi connectivity index (χ3n) is 3.32. The number of nitrogen functional groups attached to an aromatic ring is 1. The van der Waals surface area contributed by atoms with Crippen LogP contribution >= 0.6 is 0 Å². The van der Waals surface area contributed by atoms with Gasteiger partial charge in [-0.3, -0.25) is 5.41 Å². The molecule has 0 atom stereocenters. The number of amidine groups is 1. The van der Waals surface area contributed by atoms with E-state index in [1.54, 1.807) is 30.7 Å². The average Bonchev–Trinajstić information content (AvgIpc) is 2.56. The van der Waals surface area contributed by atoms with Gasteiger partial charge in [0.15, 0.2) is 0 Å². The van der Waals surface area contributed by atoms with E-state index >= 15 is 0 Å². The zero-order valence-electron chi connectivity index (χ0n) is 11.5. The highest BCUT2D eigenvalue weighted by molar-refractivity contribution is 5.93. The number of piperazine rings is 1. The second-order valence-corrected chi connectivity index (χ2v) is 4.68. The lowest BCUT2D eigenvalue weighted by Gasteiger charge is -2.34. The Hall–Kier alpha value is -2.77. The molecular weight excluding hydrogens is 268 g/mol. The molecule has 0 spiro atoms. The molecule has 1 aliphatic rings. The highest BCUT2D eigenvalue weighted by atomic mass is 15.3. The van der Waals surface area contributed by atoms with Crippen molar-refractivity contribution in [3.8, 4) is 0 Å². The molecule has 3 rings (SSSR count). The van der Waals surface area contributed by atoms with Crippen molar-refractivity contribution in [3.05, 3.63) is 36.4 Å². The maximum absolute atomic E-state index is 7.43. The highest BCUT2D eigenvalue weighted by Gasteiger charge is 2.20. The van der Waals surface area contributed by atoms with Crippen molar-refractivity contribution in [2.75, 3.05) is 36.0 Å². The van der Waals surface area contributed by atoms with Crippen LogP contribution in [0.5, 0.6) is 0 Å². The van der Waals surface area contributed by atoms with Crippen molar-refractivity contribution >= 4 is 17.7 Å². The summed E-state index contributed by atoms with van der Waals surface area (Å²) in [7, 11) is 0. The first-order valence-electron chi connectivity index (χ1n) is 6.68. The molecule has 2 aromatic rings. The van der Waals surface area contributed by atoms with E-state index < -0.39 is 0 Å². The predicted octanol–water partition coefficient (Wildman–Crippen LogP) is -0.123. The quantitative estimate of drug-likeness (QED) is 0.597. The Labute approximate surface area is 122 Å². The maximum Gasteiger partial charge on any atom is 0.226 e. The fraction of sp³-hybridized carbons (Fsp3) is 0.308. The Morgan fingerprint density at radius 1 is 0.952 bits per heavy atom. The number of aromatic nitrogens is 4. The third-order valence-corrected chi connectivity index (χ3v) is 3.32. The van der Waals surface area contributed by atoms with E-state index in [9.17, 15) is 0 Å². The molecule has 8 heteroatoms. The van der Waals surface area contributed by atoms with Crippen LogP contribution in [0.1, 0.15) is 5.69 Å². The fourth-order valence-corrected chi connectivity index (χ4v) is 2.21. The van der Waals surface area contributed by atoms with E-state index in [2.05, 4.69) is 29.7 Å². The van der Waals surface area contributed by atoms with Gasteiger partial charge in [0, 0.05) is 44.8 Å². The number of nitrogens with two attached hydrogens (primary N) is 1. The van der Waals surface area contributed by atoms with Crippen LogP contribution in [0.3, 0.4) is 0 Å². The van der Waals surface area contributed by atoms with Gasteiger partial charge in [0.1, 0.15) is 11.5 Å². The van der Waals surface area contributed by atoms with Crippen LogP contribution in [0.25, 0.3) is 0 Å². The second-order valence-electron chi connectivity index (χ2n) is 4.68. The van der Waals surface area contributed by atoms with Crippen molar-refractivity contribution in [1.29, 1.82) is 5.41 Å². The van der Waals surface area contributed by atoms with Crippen molar-refractivity contribution in [2.24, 2.45) is 5.73 Å². The first kappa shape index (κ1) is 13.2. The number of nitrogens with zero attached hydrogens (tertiary/aromatic N) is 6. The minimum atomic E-state index is -0.0463. The number of hydrogen-bond acceptors (Lipinski definition) is 7. The first-order chi connectivity index (χ1) is 10.2. The van der Waals surface area contributed by atoms with Gasteiger partial charge in [-0.2, -0.15) is 0 Å². The van der Waals surface area contributed by atoms with E-state index in [1.807, 2.05) is 0 Å². The molecular formula is C13H16N8. The average molecular weight is 284 g/mol. The monoisotopic (exact) mass is 284 g/mol. The van der Waals surface area contributed by atoms with Gasteiger partial charge in [-0.25, -0.2) is 19.9 Å². The van der Waals surface area contributed by atoms with E-state index in [0.717, 1.165) is 32.1 Å². The molecule has 3 N–H and O–H groups in total. The summed E-state index contributed by atoms with van der Waals surface area (Å²) in [4.78, 5) is 21.3. The van der Waals surface area contributed by atoms with Crippen LogP contribution in [0.4, 0.5) is 11.9 Å². The standard InChI is InChI=1S/C13H16N8/c14-11(15)10-2-5-18-13(19-10)21-8-6-20(7-9-21)12-16-3-1-4-17-12/h1-5H,6-9H2,(H3,14,15). The number of nitrogens with one attached hydrogen (secondary N) is 1. The molecule has 2 aromatic heterocycles. The van der Waals surface area contributed by atoms with Gasteiger partial charge in [0.05, 0.1) is 0 Å². The normalized spacial score (nSPS) is 15.0. The topological polar surface area (TPSA) is 108 Å². The minimum Gasteiger partial charge on any atom is -0.382 e. The Kier molecular flexibility index (Phi) is 3.59. The Morgan fingerprint density at radius 2 is 1.52 bits per heavy atom. The second kappa shape index (κ2) is 5.70. The van der Waals surface area contributed by atoms with Crippen LogP contribution in [-0.4, -0.2) is 52.0 Å². The molecule has 108 valence electrons. The molecule has 0 unspecified atom stereocenters. The Bertz CT molecular complexity index is 621. The van der Waals surface area contributed by atoms with Gasteiger partial charge >= 0.3 is 0 Å². The zero-order chi connectivity index (χ0) is 14.7. The van der Waals surface area contributed by atoms with Crippen LogP contribution in [0, 0.1) is 5.41 Å². The van der Waals surface area contributed by atoms with Gasteiger partial charge in [-0.1, -0.05) is 0 Å². The molecule has 0 aliphatic carbocycles. The molecule has 0 saturated carbocycles. The first-order valence-corrected chi connectivity index (χ1v) is 6.68. The van der Waals surface area contributed by atoms with Crippen molar-refractivity contribution in [1.82, 2.24) is 19.9 Å². The molecule has 1 fully saturated rings. The lowest BCUT2D eigenvalue weighted by molar-refractivity contribution is 0.627. The summed E-state index contributed by atoms with van der Waals surface area (Å²) >= 11 is 0. The molecule has 0 bridgehead atoms. The molecule has 0 aromatic carbocycles. The van der Waals surface area contributed by atoms with Crippen LogP contribution < -0.4 is 15.5 Å². The smallest absolute Gasteiger partial charge is 0.226 e. The summed E-state index contributed by atoms with van der Waals surface area (Å²) in [6.07, 6.45) is 5.12. The van der Waals surface area contributed by atoms with Crippen molar-refractivity contribution in [2.45, 2.75) is 0 Å². The Balaban J connectivity index is 1.68. The molecule has 21 heavy (non-hydrogen) atoms. The highest BCUT2D eigenvalue weighted by Crippen LogP contribution is 2.14. The van der Waals surface area contributed by atoms with Gasteiger partial charge in [0.25, 0.3) is 0 Å². The number of anilines is 2. The van der Waals surface area contributed by atoms with Gasteiger partial charge in [-0.15, -0.1) is 0 Å². The van der Waals surface area contributed by atoms with Crippen LogP contribution in [0.2, 0.25) is 0 Å². The SMILES string of the molecule is N=C(N)c1ccnc(N2CCN(c3ncccn3)CC2)n1. The molecule has 3 heterocycles. The van der Waals surface area contributed by atoms with E-state index in [4.69, 9.17) is 11.1 Å². The van der Waals surface area contributed by atoms with E-state index in [-0.39, 0.29) is 5.84 Å². The number of hydrogen-bond donors (Lipinski definition) is 2. The van der Waals surface area contributed by atoms with E-state index in [1.165, 1.54) is 0 Å². The minimum absolute atomic E-state index is 0.0463. The summed E-state index contributed by atoms with van der Waals surface area (Å²) in [5.74, 6) is 1.31. The molecule has 1 saturated heterocycles. The van der Waals surface area contributed by atoms with Crippen molar-refractivity contribution in [3.63, 3.8) is 0 Å². The lowest BCUT2D eigenvalue weighted by atomic mass is 10.3. The molecule has 1 aliphatic heterocycles. The summed E-state index contributed by atoms with van der Waals surface area (Å²) in [6, 6.07) is 3.45. The largest absolute Gasteiger partial charge is 0.382 e. The van der Waals surface area contributed by atoms with Gasteiger partial charge in [-0.05, 0) is 12.1 Å². The summed E-state index contributed by atoms with van der Waals surface area (Å²) < 4.78 is 0. The number of rotatable bonds is 3. The summed E-state index contributed by atoms with van der Waals surface area (Å²) in [5, 5.41) is 7.43. The fourth-order valence-electron chi connectivity index (χ4n) is 2.21. The molecule has 8 nitrogen and oxygen atoms in total. The maximum atomic E-state index is 7.43. The lowest BCUT2D eigenvalue weighted by Crippen LogP contribution is -2.47. The molecule has 0 amide bonds. The zero-order valence-corrected chi connectivity index (χ0v) is 11.5. The van der Waals surface area contributed by atoms with Crippen LogP contribution in [-0.2, 0) is 0 Å². The van der Waals surface area contributed by atoms with Gasteiger partial charge in [0.2, 0.25) is 11.9 Å². The third kappa shape index (κ3) is 2.88. The van der Waals surface area contributed by atoms with Crippen molar-refractivity contribution < 1.29 is 0 Å². The van der Waals surface area contributed by atoms with Gasteiger partial charge < -0.3 is 15.5 Å². The summed E-state index contributed by atoms with van der Waals surface area (Å²) in [5.41, 5.74) is 5.91. The van der Waals surface area contributed by atoms with Crippen LogP contribution in [0.15, 0.2) is 30.7 Å².